The second kappa shape index (κ2) is 4.98. The zero-order chi connectivity index (χ0) is 15.2. The molecule has 0 unspecified atom stereocenters. The van der Waals surface area contributed by atoms with Crippen LogP contribution in [0.15, 0.2) is 42.7 Å². The Morgan fingerprint density at radius 3 is 2.55 bits per heavy atom. The molecule has 0 radical (unpaired) electrons. The number of pyridine rings is 1. The normalized spacial score (nSPS) is 16.6. The Balaban J connectivity index is 1.87. The fraction of sp³-hybridized carbons (Fsp3) is 0.350. The van der Waals surface area contributed by atoms with Gasteiger partial charge in [0.05, 0.1) is 11.2 Å². The van der Waals surface area contributed by atoms with Crippen molar-refractivity contribution in [2.45, 2.75) is 44.9 Å². The van der Waals surface area contributed by atoms with Gasteiger partial charge < -0.3 is 4.98 Å². The fourth-order valence-electron chi connectivity index (χ4n) is 3.89. The highest BCUT2D eigenvalue weighted by Crippen LogP contribution is 2.51. The Labute approximate surface area is 131 Å². The van der Waals surface area contributed by atoms with Crippen LogP contribution in [0.25, 0.3) is 10.9 Å². The van der Waals surface area contributed by atoms with E-state index >= 15 is 0 Å². The van der Waals surface area contributed by atoms with Crippen LogP contribution in [-0.2, 0) is 11.8 Å². The van der Waals surface area contributed by atoms with Crippen molar-refractivity contribution in [1.29, 1.82) is 0 Å². The molecule has 0 bridgehead atoms. The van der Waals surface area contributed by atoms with E-state index in [0.717, 1.165) is 12.1 Å². The van der Waals surface area contributed by atoms with Crippen molar-refractivity contribution in [2.24, 2.45) is 0 Å². The summed E-state index contributed by atoms with van der Waals surface area (Å²) >= 11 is 0. The van der Waals surface area contributed by atoms with E-state index in [1.807, 2.05) is 6.20 Å². The minimum Gasteiger partial charge on any atom is -0.359 e. The van der Waals surface area contributed by atoms with Crippen LogP contribution < -0.4 is 0 Å². The first-order valence-electron chi connectivity index (χ1n) is 8.27. The third-order valence-electron chi connectivity index (χ3n) is 5.43. The average Bonchev–Trinajstić information content (AvgIpc) is 2.93. The predicted octanol–water partition coefficient (Wildman–Crippen LogP) is 4.90. The third kappa shape index (κ3) is 1.83. The van der Waals surface area contributed by atoms with E-state index in [0.29, 0.717) is 0 Å². The number of benzene rings is 1. The molecule has 2 heteroatoms. The molecule has 2 aromatic heterocycles. The largest absolute Gasteiger partial charge is 0.359 e. The van der Waals surface area contributed by atoms with Crippen LogP contribution in [0.1, 0.15) is 48.6 Å². The number of hydrogen-bond donors (Lipinski definition) is 1. The van der Waals surface area contributed by atoms with Gasteiger partial charge in [-0.05, 0) is 48.9 Å². The van der Waals surface area contributed by atoms with Crippen LogP contribution in [-0.4, -0.2) is 9.97 Å². The molecule has 3 aromatic rings. The predicted molar refractivity (Wildman–Crippen MR) is 91.3 cm³/mol. The van der Waals surface area contributed by atoms with E-state index in [2.05, 4.69) is 60.3 Å². The Bertz CT molecular complexity index is 807. The molecule has 1 aliphatic carbocycles. The van der Waals surface area contributed by atoms with Crippen LogP contribution in [0.2, 0.25) is 0 Å². The first-order valence-corrected chi connectivity index (χ1v) is 8.27. The van der Waals surface area contributed by atoms with Gasteiger partial charge in [-0.15, -0.1) is 0 Å². The molecular weight excluding hydrogens is 268 g/mol. The van der Waals surface area contributed by atoms with Gasteiger partial charge in [0.25, 0.3) is 0 Å². The van der Waals surface area contributed by atoms with Crippen molar-refractivity contribution in [3.8, 4) is 0 Å². The maximum Gasteiger partial charge on any atom is 0.0673 e. The summed E-state index contributed by atoms with van der Waals surface area (Å²) in [5.41, 5.74) is 6.79. The molecule has 0 aliphatic heterocycles. The second-order valence-electron chi connectivity index (χ2n) is 6.51. The quantitative estimate of drug-likeness (QED) is 0.730. The zero-order valence-electron chi connectivity index (χ0n) is 13.3. The second-order valence-corrected chi connectivity index (χ2v) is 6.51. The van der Waals surface area contributed by atoms with E-state index in [1.165, 1.54) is 46.9 Å². The molecule has 0 amide bonds. The molecule has 1 N–H and O–H groups in total. The molecule has 1 fully saturated rings. The van der Waals surface area contributed by atoms with E-state index < -0.39 is 0 Å². The molecule has 2 nitrogen and oxygen atoms in total. The molecule has 0 atom stereocenters. The number of nitrogens with zero attached hydrogens (tertiary/aromatic N) is 1. The Kier molecular flexibility index (Phi) is 3.07. The van der Waals surface area contributed by atoms with Crippen LogP contribution in [0.3, 0.4) is 0 Å². The average molecular weight is 290 g/mol. The van der Waals surface area contributed by atoms with Gasteiger partial charge in [0.1, 0.15) is 0 Å². The van der Waals surface area contributed by atoms with Crippen LogP contribution >= 0.6 is 0 Å². The van der Waals surface area contributed by atoms with Gasteiger partial charge in [-0.1, -0.05) is 37.6 Å². The summed E-state index contributed by atoms with van der Waals surface area (Å²) in [6, 6.07) is 11.4. The smallest absolute Gasteiger partial charge is 0.0673 e. The Morgan fingerprint density at radius 2 is 1.91 bits per heavy atom. The van der Waals surface area contributed by atoms with E-state index in [9.17, 15) is 0 Å². The van der Waals surface area contributed by atoms with E-state index in [-0.39, 0.29) is 5.41 Å². The summed E-state index contributed by atoms with van der Waals surface area (Å²) in [4.78, 5) is 7.87. The van der Waals surface area contributed by atoms with Crippen LogP contribution in [0.4, 0.5) is 0 Å². The molecule has 0 saturated heterocycles. The van der Waals surface area contributed by atoms with Crippen molar-refractivity contribution >= 4 is 10.9 Å². The van der Waals surface area contributed by atoms with E-state index in [1.54, 1.807) is 0 Å². The van der Waals surface area contributed by atoms with Crippen molar-refractivity contribution in [1.82, 2.24) is 9.97 Å². The summed E-state index contributed by atoms with van der Waals surface area (Å²) in [6.07, 6.45) is 9.05. The van der Waals surface area contributed by atoms with Crippen molar-refractivity contribution in [2.75, 3.05) is 0 Å². The van der Waals surface area contributed by atoms with Crippen molar-refractivity contribution in [3.63, 3.8) is 0 Å². The zero-order valence-corrected chi connectivity index (χ0v) is 13.3. The van der Waals surface area contributed by atoms with Gasteiger partial charge in [0.15, 0.2) is 0 Å². The third-order valence-corrected chi connectivity index (χ3v) is 5.43. The number of nitrogens with one attached hydrogen (secondary N) is 1. The number of aromatic nitrogens is 2. The van der Waals surface area contributed by atoms with Gasteiger partial charge in [-0.2, -0.15) is 0 Å². The number of hydrogen-bond acceptors (Lipinski definition) is 1. The lowest BCUT2D eigenvalue weighted by Crippen LogP contribution is -2.35. The lowest BCUT2D eigenvalue weighted by molar-refractivity contribution is 0.304. The molecule has 1 aromatic carbocycles. The maximum atomic E-state index is 4.41. The molecule has 0 spiro atoms. The van der Waals surface area contributed by atoms with Gasteiger partial charge in [-0.3, -0.25) is 4.98 Å². The molecule has 2 heterocycles. The highest BCUT2D eigenvalue weighted by atomic mass is 14.8. The molecule has 112 valence electrons. The monoisotopic (exact) mass is 290 g/mol. The highest BCUT2D eigenvalue weighted by molar-refractivity contribution is 5.86. The minimum absolute atomic E-state index is 0.193. The topological polar surface area (TPSA) is 28.7 Å². The summed E-state index contributed by atoms with van der Waals surface area (Å²) in [5.74, 6) is 0. The molecule has 22 heavy (non-hydrogen) atoms. The fourth-order valence-corrected chi connectivity index (χ4v) is 3.89. The number of fused-ring (bicyclic) bond motifs is 1. The summed E-state index contributed by atoms with van der Waals surface area (Å²) in [6.45, 7) is 4.29. The van der Waals surface area contributed by atoms with Crippen LogP contribution in [0, 0.1) is 6.92 Å². The highest BCUT2D eigenvalue weighted by Gasteiger charge is 2.41. The van der Waals surface area contributed by atoms with Gasteiger partial charge >= 0.3 is 0 Å². The first kappa shape index (κ1) is 13.6. The molecule has 1 saturated carbocycles. The number of aryl methyl sites for hydroxylation is 2. The number of rotatable bonds is 3. The number of aromatic amines is 1. The van der Waals surface area contributed by atoms with Gasteiger partial charge in [0, 0.05) is 23.2 Å². The summed E-state index contributed by atoms with van der Waals surface area (Å²) < 4.78 is 0. The number of H-pyrrole nitrogens is 1. The summed E-state index contributed by atoms with van der Waals surface area (Å²) in [5, 5.41) is 1.34. The lowest BCUT2D eigenvalue weighted by Gasteiger charge is -2.42. The van der Waals surface area contributed by atoms with Gasteiger partial charge in [0.2, 0.25) is 0 Å². The molecule has 4 rings (SSSR count). The van der Waals surface area contributed by atoms with Crippen molar-refractivity contribution < 1.29 is 0 Å². The Morgan fingerprint density at radius 1 is 1.14 bits per heavy atom. The molecule has 1 aliphatic rings. The summed E-state index contributed by atoms with van der Waals surface area (Å²) in [7, 11) is 0. The van der Waals surface area contributed by atoms with Crippen LogP contribution in [0.5, 0.6) is 0 Å². The maximum absolute atomic E-state index is 4.41. The molecular formula is C20H22N2. The standard InChI is InChI=1S/C20H22N2/c1-3-15-5-7-16(8-6-15)20(10-4-11-20)18-13-22-19-14(2)21-12-9-17(18)19/h5-9,12-13,22H,3-4,10-11H2,1-2H3. The lowest BCUT2D eigenvalue weighted by atomic mass is 9.60. The Hall–Kier alpha value is -2.09. The van der Waals surface area contributed by atoms with Crippen molar-refractivity contribution in [3.05, 3.63) is 65.1 Å². The van der Waals surface area contributed by atoms with Gasteiger partial charge in [-0.25, -0.2) is 0 Å². The van der Waals surface area contributed by atoms with E-state index in [4.69, 9.17) is 0 Å². The first-order chi connectivity index (χ1) is 10.7. The SMILES string of the molecule is CCc1ccc(C2(c3c[nH]c4c(C)nccc34)CCC2)cc1. The minimum atomic E-state index is 0.193.